The molecule has 0 aliphatic rings. The van der Waals surface area contributed by atoms with Crippen LogP contribution in [0, 0.1) is 41.5 Å². The van der Waals surface area contributed by atoms with Crippen LogP contribution in [0.1, 0.15) is 67.8 Å². The van der Waals surface area contributed by atoms with Crippen molar-refractivity contribution in [2.24, 2.45) is 0 Å². The highest BCUT2D eigenvalue weighted by Crippen LogP contribution is 2.40. The normalized spacial score (nSPS) is 13.0. The van der Waals surface area contributed by atoms with Gasteiger partial charge in [-0.25, -0.2) is 0 Å². The fraction of sp³-hybridized carbons (Fsp3) is 0.250. The lowest BCUT2D eigenvalue weighted by atomic mass is 9.89. The molecule has 0 aromatic heterocycles. The van der Waals surface area contributed by atoms with Gasteiger partial charge in [-0.05, 0) is 86.1 Å². The van der Waals surface area contributed by atoms with Gasteiger partial charge in [-0.3, -0.25) is 0 Å². The predicted octanol–water partition coefficient (Wildman–Crippen LogP) is 8.43. The van der Waals surface area contributed by atoms with Crippen LogP contribution in [0.2, 0.25) is 0 Å². The lowest BCUT2D eigenvalue weighted by Gasteiger charge is -2.30. The van der Waals surface area contributed by atoms with E-state index in [0.29, 0.717) is 0 Å². The quantitative estimate of drug-likeness (QED) is 0.296. The van der Waals surface area contributed by atoms with Gasteiger partial charge in [0, 0.05) is 0 Å². The van der Waals surface area contributed by atoms with Crippen LogP contribution in [-0.4, -0.2) is 0 Å². The SMILES string of the molecule is Cc1cc(C)c(C(OC(c2ccccc2)c2c(C)cc(C)cc2C)c2ccccc2)c(C)c1. The molecule has 0 saturated carbocycles. The first kappa shape index (κ1) is 23.0. The monoisotopic (exact) mass is 434 g/mol. The lowest BCUT2D eigenvalue weighted by molar-refractivity contribution is 0.0295. The topological polar surface area (TPSA) is 9.23 Å². The zero-order valence-electron chi connectivity index (χ0n) is 20.6. The minimum atomic E-state index is -0.169. The van der Waals surface area contributed by atoms with E-state index in [1.807, 2.05) is 0 Å². The van der Waals surface area contributed by atoms with Crippen molar-refractivity contribution < 1.29 is 4.74 Å². The molecule has 168 valence electrons. The van der Waals surface area contributed by atoms with Crippen molar-refractivity contribution in [2.45, 2.75) is 53.8 Å². The van der Waals surface area contributed by atoms with Gasteiger partial charge in [0.1, 0.15) is 12.2 Å². The molecule has 0 spiro atoms. The van der Waals surface area contributed by atoms with E-state index in [9.17, 15) is 0 Å². The molecule has 2 atom stereocenters. The van der Waals surface area contributed by atoms with Gasteiger partial charge in [0.05, 0.1) is 0 Å². The van der Waals surface area contributed by atoms with Crippen LogP contribution in [0.15, 0.2) is 84.9 Å². The fourth-order valence-electron chi connectivity index (χ4n) is 5.23. The van der Waals surface area contributed by atoms with E-state index in [-0.39, 0.29) is 12.2 Å². The van der Waals surface area contributed by atoms with Gasteiger partial charge < -0.3 is 4.74 Å². The van der Waals surface area contributed by atoms with Gasteiger partial charge in [0.25, 0.3) is 0 Å². The molecule has 0 amide bonds. The molecule has 0 heterocycles. The zero-order chi connectivity index (χ0) is 23.5. The summed E-state index contributed by atoms with van der Waals surface area (Å²) in [5, 5.41) is 0. The van der Waals surface area contributed by atoms with Crippen LogP contribution in [0.4, 0.5) is 0 Å². The summed E-state index contributed by atoms with van der Waals surface area (Å²) in [5.74, 6) is 0. The van der Waals surface area contributed by atoms with E-state index in [1.54, 1.807) is 0 Å². The number of ether oxygens (including phenoxy) is 1. The van der Waals surface area contributed by atoms with Crippen LogP contribution in [0.25, 0.3) is 0 Å². The van der Waals surface area contributed by atoms with Crippen molar-refractivity contribution in [3.05, 3.63) is 141 Å². The first-order valence-corrected chi connectivity index (χ1v) is 11.8. The van der Waals surface area contributed by atoms with E-state index in [4.69, 9.17) is 4.74 Å². The Morgan fingerprint density at radius 1 is 0.455 bits per heavy atom. The number of rotatable bonds is 6. The summed E-state index contributed by atoms with van der Waals surface area (Å²) in [6.07, 6.45) is -0.339. The standard InChI is InChI=1S/C32H34O/c1-21-17-23(3)29(24(4)18-21)31(27-13-9-7-10-14-27)33-32(28-15-11-8-12-16-28)30-25(5)19-22(2)20-26(30)6/h7-20,31-32H,1-6H3. The van der Waals surface area contributed by atoms with Crippen molar-refractivity contribution in [3.63, 3.8) is 0 Å². The van der Waals surface area contributed by atoms with Crippen LogP contribution in [0.5, 0.6) is 0 Å². The molecule has 4 aromatic carbocycles. The van der Waals surface area contributed by atoms with Crippen molar-refractivity contribution in [2.75, 3.05) is 0 Å². The van der Waals surface area contributed by atoms with Crippen molar-refractivity contribution >= 4 is 0 Å². The van der Waals surface area contributed by atoms with Crippen molar-refractivity contribution in [3.8, 4) is 0 Å². The largest absolute Gasteiger partial charge is 0.356 e. The van der Waals surface area contributed by atoms with E-state index < -0.39 is 0 Å². The van der Waals surface area contributed by atoms with Crippen LogP contribution in [0.3, 0.4) is 0 Å². The first-order valence-electron chi connectivity index (χ1n) is 11.8. The summed E-state index contributed by atoms with van der Waals surface area (Å²) in [6, 6.07) is 30.3. The average molecular weight is 435 g/mol. The first-order chi connectivity index (χ1) is 15.8. The molecule has 2 unspecified atom stereocenters. The summed E-state index contributed by atoms with van der Waals surface area (Å²) < 4.78 is 7.20. The molecule has 0 radical (unpaired) electrons. The second-order valence-corrected chi connectivity index (χ2v) is 9.34. The molecule has 4 aromatic rings. The molecule has 0 saturated heterocycles. The Hall–Kier alpha value is -3.16. The number of benzene rings is 4. The van der Waals surface area contributed by atoms with Gasteiger partial charge in [-0.15, -0.1) is 0 Å². The van der Waals surface area contributed by atoms with Crippen LogP contribution < -0.4 is 0 Å². The third-order valence-corrected chi connectivity index (χ3v) is 6.48. The van der Waals surface area contributed by atoms with E-state index in [1.165, 1.54) is 55.6 Å². The summed E-state index contributed by atoms with van der Waals surface area (Å²) in [4.78, 5) is 0. The smallest absolute Gasteiger partial charge is 0.109 e. The van der Waals surface area contributed by atoms with Gasteiger partial charge in [-0.2, -0.15) is 0 Å². The molecular formula is C32H34O. The fourth-order valence-corrected chi connectivity index (χ4v) is 5.23. The molecule has 0 aliphatic carbocycles. The molecule has 0 fully saturated rings. The Balaban J connectivity index is 1.92. The molecule has 1 heteroatoms. The highest BCUT2D eigenvalue weighted by Gasteiger charge is 2.27. The Kier molecular flexibility index (Phi) is 6.81. The summed E-state index contributed by atoms with van der Waals surface area (Å²) >= 11 is 0. The van der Waals surface area contributed by atoms with Gasteiger partial charge in [0.15, 0.2) is 0 Å². The summed E-state index contributed by atoms with van der Waals surface area (Å²) in [7, 11) is 0. The summed E-state index contributed by atoms with van der Waals surface area (Å²) in [5.41, 5.74) is 12.5. The molecule has 4 rings (SSSR count). The Bertz CT molecular complexity index is 1090. The van der Waals surface area contributed by atoms with E-state index in [0.717, 1.165) is 0 Å². The molecule has 33 heavy (non-hydrogen) atoms. The summed E-state index contributed by atoms with van der Waals surface area (Å²) in [6.45, 7) is 13.1. The molecule has 0 bridgehead atoms. The van der Waals surface area contributed by atoms with E-state index >= 15 is 0 Å². The molecular weight excluding hydrogens is 400 g/mol. The maximum atomic E-state index is 7.20. The number of aryl methyl sites for hydroxylation is 6. The number of hydrogen-bond donors (Lipinski definition) is 0. The molecule has 0 N–H and O–H groups in total. The minimum absolute atomic E-state index is 0.169. The maximum absolute atomic E-state index is 7.20. The minimum Gasteiger partial charge on any atom is -0.356 e. The van der Waals surface area contributed by atoms with Crippen LogP contribution in [-0.2, 0) is 4.74 Å². The molecule has 0 aliphatic heterocycles. The highest BCUT2D eigenvalue weighted by atomic mass is 16.5. The second kappa shape index (κ2) is 9.77. The third kappa shape index (κ3) is 4.94. The Morgan fingerprint density at radius 2 is 0.758 bits per heavy atom. The van der Waals surface area contributed by atoms with Gasteiger partial charge >= 0.3 is 0 Å². The molecule has 1 nitrogen and oxygen atoms in total. The Labute approximate surface area is 199 Å². The van der Waals surface area contributed by atoms with E-state index in [2.05, 4.69) is 126 Å². The lowest BCUT2D eigenvalue weighted by Crippen LogP contribution is -2.17. The zero-order valence-corrected chi connectivity index (χ0v) is 20.6. The van der Waals surface area contributed by atoms with Crippen LogP contribution >= 0.6 is 0 Å². The second-order valence-electron chi connectivity index (χ2n) is 9.34. The van der Waals surface area contributed by atoms with Crippen molar-refractivity contribution in [1.29, 1.82) is 0 Å². The third-order valence-electron chi connectivity index (χ3n) is 6.48. The van der Waals surface area contributed by atoms with Gasteiger partial charge in [0.2, 0.25) is 0 Å². The number of hydrogen-bond acceptors (Lipinski definition) is 1. The highest BCUT2D eigenvalue weighted by molar-refractivity contribution is 5.46. The van der Waals surface area contributed by atoms with Crippen molar-refractivity contribution in [1.82, 2.24) is 0 Å². The average Bonchev–Trinajstić information content (AvgIpc) is 2.77. The predicted molar refractivity (Wildman–Crippen MR) is 139 cm³/mol. The Morgan fingerprint density at radius 3 is 1.06 bits per heavy atom. The van der Waals surface area contributed by atoms with Gasteiger partial charge in [-0.1, -0.05) is 96.1 Å². The maximum Gasteiger partial charge on any atom is 0.109 e.